The largest absolute Gasteiger partial charge is 0.355 e. The van der Waals surface area contributed by atoms with Gasteiger partial charge < -0.3 is 15.5 Å². The number of piperidine rings is 1. The fourth-order valence-corrected chi connectivity index (χ4v) is 3.56. The molecule has 2 N–H and O–H groups in total. The molecule has 1 unspecified atom stereocenters. The van der Waals surface area contributed by atoms with Gasteiger partial charge in [-0.25, -0.2) is 0 Å². The fourth-order valence-electron chi connectivity index (χ4n) is 3.56. The molecule has 0 aromatic heterocycles. The van der Waals surface area contributed by atoms with Crippen molar-refractivity contribution in [1.29, 1.82) is 0 Å². The normalized spacial score (nSPS) is 23.0. The molecule has 0 saturated carbocycles. The zero-order chi connectivity index (χ0) is 16.7. The molecule has 6 nitrogen and oxygen atoms in total. The molecule has 0 aliphatic carbocycles. The van der Waals surface area contributed by atoms with Crippen molar-refractivity contribution in [3.8, 4) is 0 Å². The monoisotopic (exact) mass is 324 g/mol. The Kier molecular flexibility index (Phi) is 7.30. The molecule has 2 aliphatic rings. The molecule has 0 aromatic carbocycles. The van der Waals surface area contributed by atoms with Crippen molar-refractivity contribution < 1.29 is 9.59 Å². The van der Waals surface area contributed by atoms with Crippen LogP contribution >= 0.6 is 0 Å². The van der Waals surface area contributed by atoms with Gasteiger partial charge in [0.1, 0.15) is 0 Å². The topological polar surface area (TPSA) is 64.7 Å². The molecule has 2 rings (SSSR count). The molecular formula is C17H32N4O2. The zero-order valence-electron chi connectivity index (χ0n) is 14.6. The first-order valence-corrected chi connectivity index (χ1v) is 9.06. The summed E-state index contributed by atoms with van der Waals surface area (Å²) in [6, 6.07) is 0.692. The molecule has 0 bridgehead atoms. The molecule has 2 aliphatic heterocycles. The summed E-state index contributed by atoms with van der Waals surface area (Å²) >= 11 is 0. The SMILES string of the molecule is CCCNC(=O)CN(C)C(=O)CN1CCC(C2CCCN2)CC1. The van der Waals surface area contributed by atoms with E-state index in [-0.39, 0.29) is 18.4 Å². The quantitative estimate of drug-likeness (QED) is 0.713. The van der Waals surface area contributed by atoms with E-state index in [1.807, 2.05) is 6.92 Å². The number of hydrogen-bond acceptors (Lipinski definition) is 4. The van der Waals surface area contributed by atoms with Crippen molar-refractivity contribution in [2.75, 3.05) is 46.3 Å². The molecule has 2 heterocycles. The Balaban J connectivity index is 1.66. The van der Waals surface area contributed by atoms with E-state index in [9.17, 15) is 9.59 Å². The second-order valence-electron chi connectivity index (χ2n) is 6.92. The van der Waals surface area contributed by atoms with Gasteiger partial charge in [0.25, 0.3) is 0 Å². The van der Waals surface area contributed by atoms with Crippen LogP contribution in [0.25, 0.3) is 0 Å². The number of rotatable bonds is 7. The Morgan fingerprint density at radius 1 is 1.26 bits per heavy atom. The number of amides is 2. The molecule has 0 aromatic rings. The molecule has 132 valence electrons. The first kappa shape index (κ1) is 18.2. The first-order valence-electron chi connectivity index (χ1n) is 9.06. The van der Waals surface area contributed by atoms with Gasteiger partial charge in [-0.15, -0.1) is 0 Å². The third-order valence-electron chi connectivity index (χ3n) is 5.04. The molecule has 2 saturated heterocycles. The Morgan fingerprint density at radius 2 is 2.00 bits per heavy atom. The van der Waals surface area contributed by atoms with E-state index in [2.05, 4.69) is 15.5 Å². The second-order valence-corrected chi connectivity index (χ2v) is 6.92. The van der Waals surface area contributed by atoms with Crippen LogP contribution in [-0.2, 0) is 9.59 Å². The second kappa shape index (κ2) is 9.23. The number of likely N-dealkylation sites (tertiary alicyclic amines) is 1. The number of carbonyl (C=O) groups excluding carboxylic acids is 2. The summed E-state index contributed by atoms with van der Waals surface area (Å²) in [6.45, 7) is 6.41. The van der Waals surface area contributed by atoms with Gasteiger partial charge >= 0.3 is 0 Å². The van der Waals surface area contributed by atoms with E-state index in [0.717, 1.165) is 32.0 Å². The summed E-state index contributed by atoms with van der Waals surface area (Å²) in [4.78, 5) is 27.7. The van der Waals surface area contributed by atoms with Gasteiger partial charge in [0.2, 0.25) is 11.8 Å². The summed E-state index contributed by atoms with van der Waals surface area (Å²) < 4.78 is 0. The average molecular weight is 324 g/mol. The van der Waals surface area contributed by atoms with Crippen LogP contribution in [0.4, 0.5) is 0 Å². The Bertz CT molecular complexity index is 388. The number of nitrogens with zero attached hydrogens (tertiary/aromatic N) is 2. The van der Waals surface area contributed by atoms with Crippen molar-refractivity contribution >= 4 is 11.8 Å². The molecule has 2 amide bonds. The van der Waals surface area contributed by atoms with E-state index in [4.69, 9.17) is 0 Å². The minimum atomic E-state index is -0.0753. The highest BCUT2D eigenvalue weighted by Gasteiger charge is 2.29. The highest BCUT2D eigenvalue weighted by Crippen LogP contribution is 2.25. The van der Waals surface area contributed by atoms with Crippen molar-refractivity contribution in [3.05, 3.63) is 0 Å². The molecule has 1 atom stereocenters. The molecule has 0 spiro atoms. The van der Waals surface area contributed by atoms with Gasteiger partial charge in [-0.1, -0.05) is 6.92 Å². The lowest BCUT2D eigenvalue weighted by atomic mass is 9.88. The van der Waals surface area contributed by atoms with Crippen LogP contribution in [0.5, 0.6) is 0 Å². The zero-order valence-corrected chi connectivity index (χ0v) is 14.6. The van der Waals surface area contributed by atoms with E-state index in [0.29, 0.717) is 19.1 Å². The third-order valence-corrected chi connectivity index (χ3v) is 5.04. The predicted octanol–water partition coefficient (Wildman–Crippen LogP) is 0.435. The van der Waals surface area contributed by atoms with Crippen LogP contribution in [-0.4, -0.2) is 74.0 Å². The lowest BCUT2D eigenvalue weighted by Crippen LogP contribution is -2.46. The number of hydrogen-bond donors (Lipinski definition) is 2. The number of likely N-dealkylation sites (N-methyl/N-ethyl adjacent to an activating group) is 1. The van der Waals surface area contributed by atoms with Crippen LogP contribution in [0.3, 0.4) is 0 Å². The average Bonchev–Trinajstić information content (AvgIpc) is 3.08. The van der Waals surface area contributed by atoms with Crippen molar-refractivity contribution in [2.24, 2.45) is 5.92 Å². The molecular weight excluding hydrogens is 292 g/mol. The summed E-state index contributed by atoms with van der Waals surface area (Å²) in [5, 5.41) is 6.41. The molecule has 23 heavy (non-hydrogen) atoms. The number of nitrogens with one attached hydrogen (secondary N) is 2. The van der Waals surface area contributed by atoms with E-state index in [1.165, 1.54) is 30.6 Å². The van der Waals surface area contributed by atoms with Crippen LogP contribution < -0.4 is 10.6 Å². The lowest BCUT2D eigenvalue weighted by Gasteiger charge is -2.35. The Labute approximate surface area is 140 Å². The summed E-state index contributed by atoms with van der Waals surface area (Å²) in [6.07, 6.45) is 5.86. The van der Waals surface area contributed by atoms with Gasteiger partial charge in [0, 0.05) is 19.6 Å². The van der Waals surface area contributed by atoms with E-state index in [1.54, 1.807) is 7.05 Å². The first-order chi connectivity index (χ1) is 11.1. The number of carbonyl (C=O) groups is 2. The minimum Gasteiger partial charge on any atom is -0.355 e. The van der Waals surface area contributed by atoms with Crippen LogP contribution in [0.2, 0.25) is 0 Å². The molecule has 2 fully saturated rings. The van der Waals surface area contributed by atoms with Gasteiger partial charge in [0.15, 0.2) is 0 Å². The van der Waals surface area contributed by atoms with Crippen LogP contribution in [0.1, 0.15) is 39.0 Å². The maximum absolute atomic E-state index is 12.3. The highest BCUT2D eigenvalue weighted by atomic mass is 16.2. The summed E-state index contributed by atoms with van der Waals surface area (Å²) in [7, 11) is 1.71. The lowest BCUT2D eigenvalue weighted by molar-refractivity contribution is -0.135. The molecule has 6 heteroatoms. The van der Waals surface area contributed by atoms with Gasteiger partial charge in [0.05, 0.1) is 13.1 Å². The van der Waals surface area contributed by atoms with Crippen LogP contribution in [0, 0.1) is 5.92 Å². The van der Waals surface area contributed by atoms with Gasteiger partial charge in [-0.05, 0) is 57.7 Å². The highest BCUT2D eigenvalue weighted by molar-refractivity contribution is 5.85. The maximum Gasteiger partial charge on any atom is 0.239 e. The Hall–Kier alpha value is -1.14. The molecule has 0 radical (unpaired) electrons. The Morgan fingerprint density at radius 3 is 2.61 bits per heavy atom. The van der Waals surface area contributed by atoms with Crippen molar-refractivity contribution in [2.45, 2.75) is 45.1 Å². The van der Waals surface area contributed by atoms with Crippen LogP contribution in [0.15, 0.2) is 0 Å². The van der Waals surface area contributed by atoms with Gasteiger partial charge in [-0.2, -0.15) is 0 Å². The fraction of sp³-hybridized carbons (Fsp3) is 0.882. The van der Waals surface area contributed by atoms with Crippen molar-refractivity contribution in [1.82, 2.24) is 20.4 Å². The summed E-state index contributed by atoms with van der Waals surface area (Å²) in [5.41, 5.74) is 0. The van der Waals surface area contributed by atoms with Crippen molar-refractivity contribution in [3.63, 3.8) is 0 Å². The third kappa shape index (κ3) is 5.77. The summed E-state index contributed by atoms with van der Waals surface area (Å²) in [5.74, 6) is 0.726. The van der Waals surface area contributed by atoms with E-state index < -0.39 is 0 Å². The predicted molar refractivity (Wildman–Crippen MR) is 91.1 cm³/mol. The maximum atomic E-state index is 12.3. The minimum absolute atomic E-state index is 0.0362. The van der Waals surface area contributed by atoms with Gasteiger partial charge in [-0.3, -0.25) is 14.5 Å². The van der Waals surface area contributed by atoms with E-state index >= 15 is 0 Å². The smallest absolute Gasteiger partial charge is 0.239 e. The standard InChI is InChI=1S/C17H32N4O2/c1-3-8-19-16(22)12-20(2)17(23)13-21-10-6-14(7-11-21)15-5-4-9-18-15/h14-15,18H,3-13H2,1-2H3,(H,19,22).